The average Bonchev–Trinajstić information content (AvgIpc) is 3.38. The highest BCUT2D eigenvalue weighted by Gasteiger charge is 2.24. The Balaban J connectivity index is 1.39. The smallest absolute Gasteiger partial charge is 0.317 e. The number of pyridine rings is 1. The third-order valence-electron chi connectivity index (χ3n) is 5.79. The first-order valence-corrected chi connectivity index (χ1v) is 10.8. The van der Waals surface area contributed by atoms with Gasteiger partial charge in [0.2, 0.25) is 5.82 Å². The van der Waals surface area contributed by atoms with E-state index in [1.165, 1.54) is 0 Å². The molecular formula is C21H26N8O3. The summed E-state index contributed by atoms with van der Waals surface area (Å²) in [5.74, 6) is 3.25. The first kappa shape index (κ1) is 20.4. The summed E-state index contributed by atoms with van der Waals surface area (Å²) in [6, 6.07) is 1.95. The number of rotatable bonds is 5. The number of nitrogens with zero attached hydrogens (tertiary/aromatic N) is 7. The molecule has 11 nitrogen and oxygen atoms in total. The van der Waals surface area contributed by atoms with Crippen LogP contribution in [-0.4, -0.2) is 85.0 Å². The number of H-pyrrole nitrogens is 1. The maximum absolute atomic E-state index is 10.9. The van der Waals surface area contributed by atoms with Gasteiger partial charge in [0.05, 0.1) is 18.7 Å². The Labute approximate surface area is 185 Å². The van der Waals surface area contributed by atoms with Crippen LogP contribution < -0.4 is 9.64 Å². The number of aromatic nitrogens is 6. The van der Waals surface area contributed by atoms with Gasteiger partial charge < -0.3 is 19.3 Å². The van der Waals surface area contributed by atoms with Gasteiger partial charge in [-0.05, 0) is 0 Å². The van der Waals surface area contributed by atoms with E-state index in [-0.39, 0.29) is 12.5 Å². The highest BCUT2D eigenvalue weighted by atomic mass is 16.5. The third kappa shape index (κ3) is 3.91. The van der Waals surface area contributed by atoms with Crippen molar-refractivity contribution in [3.8, 4) is 28.7 Å². The van der Waals surface area contributed by atoms with Crippen molar-refractivity contribution >= 4 is 11.8 Å². The molecule has 0 spiro atoms. The Morgan fingerprint density at radius 2 is 2.03 bits per heavy atom. The number of ether oxygens (including phenoxy) is 1. The number of carboxylic acids is 1. The molecule has 0 unspecified atom stereocenters. The van der Waals surface area contributed by atoms with Gasteiger partial charge in [0.15, 0.2) is 0 Å². The molecule has 5 heterocycles. The predicted octanol–water partition coefficient (Wildman–Crippen LogP) is 1.45. The van der Waals surface area contributed by atoms with Crippen molar-refractivity contribution < 1.29 is 14.6 Å². The monoisotopic (exact) mass is 438 g/mol. The summed E-state index contributed by atoms with van der Waals surface area (Å²) in [5.41, 5.74) is 1.55. The molecule has 2 aliphatic heterocycles. The Hall–Kier alpha value is -3.47. The number of fused-ring (bicyclic) bond motifs is 3. The molecule has 5 rings (SSSR count). The van der Waals surface area contributed by atoms with E-state index in [1.54, 1.807) is 6.20 Å². The van der Waals surface area contributed by atoms with Gasteiger partial charge in [-0.2, -0.15) is 5.10 Å². The van der Waals surface area contributed by atoms with E-state index in [0.717, 1.165) is 47.6 Å². The molecule has 2 N–H and O–H groups in total. The molecule has 0 aromatic carbocycles. The van der Waals surface area contributed by atoms with Crippen molar-refractivity contribution in [2.75, 3.05) is 44.2 Å². The summed E-state index contributed by atoms with van der Waals surface area (Å²) in [5, 5.41) is 16.3. The summed E-state index contributed by atoms with van der Waals surface area (Å²) < 4.78 is 8.08. The van der Waals surface area contributed by atoms with E-state index in [0.29, 0.717) is 32.1 Å². The largest absolute Gasteiger partial charge is 0.491 e. The molecule has 3 aromatic heterocycles. The zero-order chi connectivity index (χ0) is 22.2. The Morgan fingerprint density at radius 1 is 1.22 bits per heavy atom. The minimum Gasteiger partial charge on any atom is -0.491 e. The highest BCUT2D eigenvalue weighted by molar-refractivity contribution is 5.70. The van der Waals surface area contributed by atoms with E-state index < -0.39 is 5.97 Å². The van der Waals surface area contributed by atoms with Gasteiger partial charge in [-0.15, -0.1) is 0 Å². The van der Waals surface area contributed by atoms with Crippen LogP contribution in [0.5, 0.6) is 5.75 Å². The fourth-order valence-electron chi connectivity index (χ4n) is 4.02. The van der Waals surface area contributed by atoms with E-state index in [2.05, 4.69) is 43.5 Å². The molecule has 0 bridgehead atoms. The second-order valence-corrected chi connectivity index (χ2v) is 8.39. The number of carboxylic acid groups (broad SMARTS) is 1. The quantitative estimate of drug-likeness (QED) is 0.609. The number of nitrogens with one attached hydrogen (secondary N) is 1. The molecule has 0 amide bonds. The average molecular weight is 438 g/mol. The number of aromatic amines is 1. The maximum Gasteiger partial charge on any atom is 0.317 e. The lowest BCUT2D eigenvalue weighted by molar-refractivity contribution is -0.138. The van der Waals surface area contributed by atoms with E-state index in [4.69, 9.17) is 14.8 Å². The first-order valence-electron chi connectivity index (χ1n) is 10.8. The summed E-state index contributed by atoms with van der Waals surface area (Å²) in [7, 11) is 0. The number of anilines is 1. The molecule has 0 atom stereocenters. The second kappa shape index (κ2) is 8.23. The van der Waals surface area contributed by atoms with Crippen molar-refractivity contribution in [2.24, 2.45) is 0 Å². The topological polar surface area (TPSA) is 125 Å². The van der Waals surface area contributed by atoms with E-state index >= 15 is 0 Å². The van der Waals surface area contributed by atoms with Gasteiger partial charge in [0.25, 0.3) is 0 Å². The SMILES string of the molecule is CC(C)c1nc(-c2cn3c(n2)-c2cnc(N4CCN(CC(=O)O)CC4)cc2OCC3)n[nH]1. The minimum atomic E-state index is -0.796. The molecule has 0 aliphatic carbocycles. The number of carbonyl (C=O) groups is 1. The Kier molecular flexibility index (Phi) is 5.25. The number of hydrogen-bond acceptors (Lipinski definition) is 8. The van der Waals surface area contributed by atoms with Crippen molar-refractivity contribution in [1.82, 2.24) is 34.6 Å². The van der Waals surface area contributed by atoms with Gasteiger partial charge in [-0.25, -0.2) is 15.0 Å². The Bertz CT molecular complexity index is 1130. The first-order chi connectivity index (χ1) is 15.5. The van der Waals surface area contributed by atoms with E-state index in [1.807, 2.05) is 17.2 Å². The van der Waals surface area contributed by atoms with Gasteiger partial charge in [-0.1, -0.05) is 13.8 Å². The zero-order valence-electron chi connectivity index (χ0n) is 18.2. The van der Waals surface area contributed by atoms with Crippen LogP contribution in [0.15, 0.2) is 18.5 Å². The molecule has 3 aromatic rings. The maximum atomic E-state index is 10.9. The van der Waals surface area contributed by atoms with Crippen LogP contribution >= 0.6 is 0 Å². The highest BCUT2D eigenvalue weighted by Crippen LogP contribution is 2.35. The standard InChI is InChI=1S/C21H26N8O3/c1-13(2)19-24-20(26-25-19)15-11-29-7-8-32-16-9-17(22-10-14(16)21(29)23-15)28-5-3-27(4-6-28)12-18(30)31/h9-11,13H,3-8,12H2,1-2H3,(H,30,31)(H,24,25,26). The normalized spacial score (nSPS) is 16.4. The summed E-state index contributed by atoms with van der Waals surface area (Å²) >= 11 is 0. The van der Waals surface area contributed by atoms with Crippen LogP contribution in [0.25, 0.3) is 22.9 Å². The number of imidazole rings is 1. The van der Waals surface area contributed by atoms with Crippen molar-refractivity contribution in [3.63, 3.8) is 0 Å². The van der Waals surface area contributed by atoms with Crippen molar-refractivity contribution in [1.29, 1.82) is 0 Å². The number of hydrogen-bond donors (Lipinski definition) is 2. The number of piperazine rings is 1. The molecule has 1 saturated heterocycles. The summed E-state index contributed by atoms with van der Waals surface area (Å²) in [6.07, 6.45) is 3.76. The van der Waals surface area contributed by atoms with Crippen LogP contribution in [0.1, 0.15) is 25.6 Å². The fraction of sp³-hybridized carbons (Fsp3) is 0.476. The van der Waals surface area contributed by atoms with Crippen LogP contribution in [0, 0.1) is 0 Å². The molecular weight excluding hydrogens is 412 g/mol. The van der Waals surface area contributed by atoms with E-state index in [9.17, 15) is 4.79 Å². The summed E-state index contributed by atoms with van der Waals surface area (Å²) in [4.78, 5) is 29.1. The summed E-state index contributed by atoms with van der Waals surface area (Å²) in [6.45, 7) is 8.22. The lowest BCUT2D eigenvalue weighted by atomic mass is 10.2. The fourth-order valence-corrected chi connectivity index (χ4v) is 4.02. The van der Waals surface area contributed by atoms with Crippen LogP contribution in [0.2, 0.25) is 0 Å². The van der Waals surface area contributed by atoms with Gasteiger partial charge >= 0.3 is 5.97 Å². The molecule has 168 valence electrons. The lowest BCUT2D eigenvalue weighted by Crippen LogP contribution is -2.48. The van der Waals surface area contributed by atoms with Gasteiger partial charge in [0, 0.05) is 50.6 Å². The Morgan fingerprint density at radius 3 is 2.75 bits per heavy atom. The minimum absolute atomic E-state index is 0.0725. The lowest BCUT2D eigenvalue weighted by Gasteiger charge is -2.34. The van der Waals surface area contributed by atoms with Crippen molar-refractivity contribution in [3.05, 3.63) is 24.3 Å². The zero-order valence-corrected chi connectivity index (χ0v) is 18.2. The van der Waals surface area contributed by atoms with Gasteiger partial charge in [-0.3, -0.25) is 14.8 Å². The third-order valence-corrected chi connectivity index (χ3v) is 5.79. The number of aliphatic carboxylic acids is 1. The van der Waals surface area contributed by atoms with Crippen LogP contribution in [-0.2, 0) is 11.3 Å². The molecule has 2 aliphatic rings. The van der Waals surface area contributed by atoms with Crippen LogP contribution in [0.4, 0.5) is 5.82 Å². The molecule has 1 fully saturated rings. The molecule has 11 heteroatoms. The molecule has 0 radical (unpaired) electrons. The van der Waals surface area contributed by atoms with Gasteiger partial charge in [0.1, 0.15) is 35.5 Å². The predicted molar refractivity (Wildman–Crippen MR) is 117 cm³/mol. The molecule has 32 heavy (non-hydrogen) atoms. The van der Waals surface area contributed by atoms with Crippen molar-refractivity contribution in [2.45, 2.75) is 26.3 Å². The second-order valence-electron chi connectivity index (χ2n) is 8.39. The molecule has 0 saturated carbocycles. The van der Waals surface area contributed by atoms with Crippen LogP contribution in [0.3, 0.4) is 0 Å².